The SMILES string of the molecule is COCC(=O)N1CC(=O)N2CCCC2C1=O. The Hall–Kier alpha value is -1.43. The number of nitrogens with zero attached hydrogens (tertiary/aromatic N) is 2. The van der Waals surface area contributed by atoms with Crippen LogP contribution >= 0.6 is 0 Å². The van der Waals surface area contributed by atoms with Crippen molar-refractivity contribution in [2.45, 2.75) is 18.9 Å². The van der Waals surface area contributed by atoms with Gasteiger partial charge in [0.1, 0.15) is 19.2 Å². The molecule has 6 nitrogen and oxygen atoms in total. The number of hydrogen-bond acceptors (Lipinski definition) is 4. The van der Waals surface area contributed by atoms with Crippen molar-refractivity contribution in [3.63, 3.8) is 0 Å². The second-order valence-corrected chi connectivity index (χ2v) is 4.00. The van der Waals surface area contributed by atoms with Gasteiger partial charge in [0.05, 0.1) is 0 Å². The number of carbonyl (C=O) groups excluding carboxylic acids is 3. The summed E-state index contributed by atoms with van der Waals surface area (Å²) in [6.07, 6.45) is 1.48. The Kier molecular flexibility index (Phi) is 2.91. The van der Waals surface area contributed by atoms with Crippen molar-refractivity contribution < 1.29 is 19.1 Å². The second kappa shape index (κ2) is 4.21. The Labute approximate surface area is 93.1 Å². The Morgan fingerprint density at radius 3 is 2.94 bits per heavy atom. The topological polar surface area (TPSA) is 66.9 Å². The van der Waals surface area contributed by atoms with Crippen molar-refractivity contribution in [3.8, 4) is 0 Å². The van der Waals surface area contributed by atoms with Crippen LogP contribution < -0.4 is 0 Å². The fourth-order valence-corrected chi connectivity index (χ4v) is 2.22. The van der Waals surface area contributed by atoms with E-state index in [4.69, 9.17) is 0 Å². The molecule has 2 aliphatic heterocycles. The van der Waals surface area contributed by atoms with E-state index in [9.17, 15) is 14.4 Å². The third-order valence-electron chi connectivity index (χ3n) is 2.99. The van der Waals surface area contributed by atoms with Gasteiger partial charge in [-0.1, -0.05) is 0 Å². The lowest BCUT2D eigenvalue weighted by atomic mass is 10.1. The van der Waals surface area contributed by atoms with E-state index < -0.39 is 11.9 Å². The molecule has 2 fully saturated rings. The van der Waals surface area contributed by atoms with Gasteiger partial charge in [0.25, 0.3) is 11.8 Å². The summed E-state index contributed by atoms with van der Waals surface area (Å²) in [5.74, 6) is -0.849. The van der Waals surface area contributed by atoms with E-state index in [1.165, 1.54) is 7.11 Å². The van der Waals surface area contributed by atoms with Gasteiger partial charge in [0.15, 0.2) is 0 Å². The molecule has 2 rings (SSSR count). The summed E-state index contributed by atoms with van der Waals surface area (Å²) in [6.45, 7) is 0.324. The quantitative estimate of drug-likeness (QED) is 0.605. The summed E-state index contributed by atoms with van der Waals surface area (Å²) in [7, 11) is 1.38. The molecular formula is C10H14N2O4. The third kappa shape index (κ3) is 1.69. The predicted molar refractivity (Wildman–Crippen MR) is 53.3 cm³/mol. The Morgan fingerprint density at radius 2 is 2.25 bits per heavy atom. The molecule has 1 atom stereocenters. The number of hydrogen-bond donors (Lipinski definition) is 0. The minimum absolute atomic E-state index is 0.141. The van der Waals surface area contributed by atoms with Crippen molar-refractivity contribution in [2.75, 3.05) is 26.8 Å². The molecule has 2 saturated heterocycles. The Balaban J connectivity index is 2.14. The lowest BCUT2D eigenvalue weighted by molar-refractivity contribution is -0.161. The Bertz CT molecular complexity index is 342. The molecule has 2 aliphatic rings. The molecule has 3 amide bonds. The first-order valence-electron chi connectivity index (χ1n) is 5.27. The fourth-order valence-electron chi connectivity index (χ4n) is 2.22. The van der Waals surface area contributed by atoms with Crippen molar-refractivity contribution in [1.29, 1.82) is 0 Å². The van der Waals surface area contributed by atoms with E-state index in [1.54, 1.807) is 4.90 Å². The number of imide groups is 1. The van der Waals surface area contributed by atoms with Gasteiger partial charge >= 0.3 is 0 Å². The summed E-state index contributed by atoms with van der Waals surface area (Å²) in [5, 5.41) is 0. The van der Waals surface area contributed by atoms with Crippen LogP contribution in [-0.4, -0.2) is 60.4 Å². The summed E-state index contributed by atoms with van der Waals surface area (Å²) < 4.78 is 4.68. The van der Waals surface area contributed by atoms with Crippen LogP contribution in [0.4, 0.5) is 0 Å². The normalized spacial score (nSPS) is 24.9. The second-order valence-electron chi connectivity index (χ2n) is 4.00. The maximum absolute atomic E-state index is 11.9. The molecule has 16 heavy (non-hydrogen) atoms. The van der Waals surface area contributed by atoms with E-state index in [0.29, 0.717) is 13.0 Å². The van der Waals surface area contributed by atoms with Crippen molar-refractivity contribution in [1.82, 2.24) is 9.80 Å². The number of ether oxygens (including phenoxy) is 1. The van der Waals surface area contributed by atoms with E-state index >= 15 is 0 Å². The van der Waals surface area contributed by atoms with E-state index in [0.717, 1.165) is 11.3 Å². The van der Waals surface area contributed by atoms with Gasteiger partial charge in [-0.25, -0.2) is 0 Å². The van der Waals surface area contributed by atoms with Crippen molar-refractivity contribution in [3.05, 3.63) is 0 Å². The van der Waals surface area contributed by atoms with Crippen LogP contribution in [0, 0.1) is 0 Å². The molecule has 0 aromatic heterocycles. The van der Waals surface area contributed by atoms with Crippen LogP contribution in [-0.2, 0) is 19.1 Å². The van der Waals surface area contributed by atoms with Gasteiger partial charge < -0.3 is 9.64 Å². The van der Waals surface area contributed by atoms with Gasteiger partial charge in [-0.05, 0) is 12.8 Å². The minimum atomic E-state index is -0.438. The van der Waals surface area contributed by atoms with Crippen LogP contribution in [0.1, 0.15) is 12.8 Å². The lowest BCUT2D eigenvalue weighted by Gasteiger charge is -2.34. The fraction of sp³-hybridized carbons (Fsp3) is 0.700. The molecule has 0 aliphatic carbocycles. The Morgan fingerprint density at radius 1 is 1.50 bits per heavy atom. The molecule has 1 unspecified atom stereocenters. The maximum atomic E-state index is 11.9. The largest absolute Gasteiger partial charge is 0.375 e. The van der Waals surface area contributed by atoms with Crippen LogP contribution in [0.25, 0.3) is 0 Å². The van der Waals surface area contributed by atoms with Gasteiger partial charge in [0.2, 0.25) is 5.91 Å². The first-order chi connectivity index (χ1) is 7.65. The highest BCUT2D eigenvalue weighted by atomic mass is 16.5. The molecule has 0 saturated carbocycles. The number of fused-ring (bicyclic) bond motifs is 1. The van der Waals surface area contributed by atoms with Crippen LogP contribution in [0.2, 0.25) is 0 Å². The molecule has 88 valence electrons. The molecule has 6 heteroatoms. The summed E-state index contributed by atoms with van der Waals surface area (Å²) in [4.78, 5) is 37.7. The number of amides is 3. The zero-order valence-corrected chi connectivity index (χ0v) is 9.14. The molecule has 0 spiro atoms. The number of carbonyl (C=O) groups is 3. The average Bonchev–Trinajstić information content (AvgIpc) is 2.73. The highest BCUT2D eigenvalue weighted by Crippen LogP contribution is 2.23. The van der Waals surface area contributed by atoms with Crippen LogP contribution in [0.15, 0.2) is 0 Å². The summed E-state index contributed by atoms with van der Waals surface area (Å²) in [6, 6.07) is -0.429. The van der Waals surface area contributed by atoms with Gasteiger partial charge in [-0.15, -0.1) is 0 Å². The molecule has 2 heterocycles. The molecular weight excluding hydrogens is 212 g/mol. The summed E-state index contributed by atoms with van der Waals surface area (Å²) in [5.41, 5.74) is 0. The van der Waals surface area contributed by atoms with Crippen LogP contribution in [0.3, 0.4) is 0 Å². The maximum Gasteiger partial charge on any atom is 0.255 e. The highest BCUT2D eigenvalue weighted by molar-refractivity contribution is 6.05. The highest BCUT2D eigenvalue weighted by Gasteiger charge is 2.43. The van der Waals surface area contributed by atoms with Gasteiger partial charge in [-0.3, -0.25) is 19.3 Å². The molecule has 0 N–H and O–H groups in total. The summed E-state index contributed by atoms with van der Waals surface area (Å²) >= 11 is 0. The standard InChI is InChI=1S/C10H14N2O4/c1-16-6-9(14)12-5-8(13)11-4-2-3-7(11)10(12)15/h7H,2-6H2,1H3. The van der Waals surface area contributed by atoms with E-state index in [1.807, 2.05) is 0 Å². The average molecular weight is 226 g/mol. The number of piperazine rings is 1. The minimum Gasteiger partial charge on any atom is -0.375 e. The molecule has 0 radical (unpaired) electrons. The van der Waals surface area contributed by atoms with Gasteiger partial charge in [0, 0.05) is 13.7 Å². The molecule has 0 aromatic carbocycles. The van der Waals surface area contributed by atoms with E-state index in [-0.39, 0.29) is 25.0 Å². The smallest absolute Gasteiger partial charge is 0.255 e. The number of rotatable bonds is 2. The van der Waals surface area contributed by atoms with Crippen molar-refractivity contribution in [2.24, 2.45) is 0 Å². The third-order valence-corrected chi connectivity index (χ3v) is 2.99. The molecule has 0 aromatic rings. The molecule has 0 bridgehead atoms. The lowest BCUT2D eigenvalue weighted by Crippen LogP contribution is -2.59. The van der Waals surface area contributed by atoms with Crippen LogP contribution in [0.5, 0.6) is 0 Å². The van der Waals surface area contributed by atoms with Crippen molar-refractivity contribution >= 4 is 17.7 Å². The first kappa shape index (κ1) is 11.1. The zero-order valence-electron chi connectivity index (χ0n) is 9.14. The predicted octanol–water partition coefficient (Wildman–Crippen LogP) is -1.01. The van der Waals surface area contributed by atoms with E-state index in [2.05, 4.69) is 4.74 Å². The zero-order chi connectivity index (χ0) is 11.7. The number of methoxy groups -OCH3 is 1. The van der Waals surface area contributed by atoms with Gasteiger partial charge in [-0.2, -0.15) is 0 Å². The first-order valence-corrected chi connectivity index (χ1v) is 5.27. The monoisotopic (exact) mass is 226 g/mol.